The lowest BCUT2D eigenvalue weighted by molar-refractivity contribution is -0.117. The van der Waals surface area contributed by atoms with E-state index in [0.717, 1.165) is 31.6 Å². The lowest BCUT2D eigenvalue weighted by Crippen LogP contribution is -2.37. The van der Waals surface area contributed by atoms with Crippen LogP contribution in [0.5, 0.6) is 0 Å². The fourth-order valence-corrected chi connectivity index (χ4v) is 2.91. The van der Waals surface area contributed by atoms with Crippen molar-refractivity contribution in [1.29, 1.82) is 0 Å². The average molecular weight is 330 g/mol. The molecule has 1 atom stereocenters. The molecule has 1 unspecified atom stereocenters. The molecule has 0 saturated carbocycles. The van der Waals surface area contributed by atoms with Gasteiger partial charge in [0.25, 0.3) is 0 Å². The average Bonchev–Trinajstić information content (AvgIpc) is 2.58. The van der Waals surface area contributed by atoms with Gasteiger partial charge in [-0.25, -0.2) is 0 Å². The number of anilines is 1. The van der Waals surface area contributed by atoms with E-state index < -0.39 is 0 Å². The van der Waals surface area contributed by atoms with Gasteiger partial charge in [0.2, 0.25) is 5.91 Å². The fourth-order valence-electron chi connectivity index (χ4n) is 2.79. The maximum atomic E-state index is 12.1. The van der Waals surface area contributed by atoms with Gasteiger partial charge in [0, 0.05) is 36.4 Å². The zero-order valence-corrected chi connectivity index (χ0v) is 13.7. The first kappa shape index (κ1) is 16.0. The van der Waals surface area contributed by atoms with Gasteiger partial charge in [0.1, 0.15) is 0 Å². The highest BCUT2D eigenvalue weighted by Crippen LogP contribution is 2.20. The van der Waals surface area contributed by atoms with E-state index in [1.54, 1.807) is 12.1 Å². The van der Waals surface area contributed by atoms with Gasteiger partial charge in [0.05, 0.1) is 12.6 Å². The van der Waals surface area contributed by atoms with Gasteiger partial charge in [-0.1, -0.05) is 29.8 Å². The van der Waals surface area contributed by atoms with Gasteiger partial charge >= 0.3 is 0 Å². The molecule has 3 rings (SSSR count). The van der Waals surface area contributed by atoms with E-state index in [1.165, 1.54) is 5.57 Å². The summed E-state index contributed by atoms with van der Waals surface area (Å²) < 4.78 is 0. The summed E-state index contributed by atoms with van der Waals surface area (Å²) in [7, 11) is 0. The number of hydrogen-bond acceptors (Lipinski definition) is 3. The molecule has 23 heavy (non-hydrogen) atoms. The quantitative estimate of drug-likeness (QED) is 0.861. The summed E-state index contributed by atoms with van der Waals surface area (Å²) >= 11 is 5.84. The molecule has 2 aliphatic rings. The highest BCUT2D eigenvalue weighted by molar-refractivity contribution is 6.30. The minimum atomic E-state index is -0.000226. The third kappa shape index (κ3) is 4.53. The zero-order chi connectivity index (χ0) is 16.1. The van der Waals surface area contributed by atoms with Gasteiger partial charge in [-0.05, 0) is 36.3 Å². The van der Waals surface area contributed by atoms with Gasteiger partial charge in [0.15, 0.2) is 0 Å². The number of hydrogen-bond donors (Lipinski definition) is 1. The minimum Gasteiger partial charge on any atom is -0.325 e. The molecule has 1 aromatic carbocycles. The topological polar surface area (TPSA) is 44.7 Å². The monoisotopic (exact) mass is 329 g/mol. The Morgan fingerprint density at radius 3 is 2.83 bits per heavy atom. The van der Waals surface area contributed by atoms with E-state index in [4.69, 9.17) is 11.6 Å². The number of nitrogens with zero attached hydrogens (tertiary/aromatic N) is 2. The van der Waals surface area contributed by atoms with Crippen LogP contribution in [0.4, 0.5) is 5.69 Å². The summed E-state index contributed by atoms with van der Waals surface area (Å²) in [6, 6.07) is 7.36. The van der Waals surface area contributed by atoms with Crippen molar-refractivity contribution in [3.63, 3.8) is 0 Å². The van der Waals surface area contributed by atoms with Gasteiger partial charge in [-0.2, -0.15) is 0 Å². The first-order valence-corrected chi connectivity index (χ1v) is 8.23. The predicted molar refractivity (Wildman–Crippen MR) is 95.3 cm³/mol. The Bertz CT molecular complexity index is 637. The second kappa shape index (κ2) is 7.57. The largest absolute Gasteiger partial charge is 0.325 e. The summed E-state index contributed by atoms with van der Waals surface area (Å²) in [6.07, 6.45) is 10.4. The highest BCUT2D eigenvalue weighted by Gasteiger charge is 2.19. The first-order valence-electron chi connectivity index (χ1n) is 7.86. The van der Waals surface area contributed by atoms with Crippen LogP contribution in [0.1, 0.15) is 12.8 Å². The minimum absolute atomic E-state index is 0.000226. The van der Waals surface area contributed by atoms with Crippen LogP contribution in [0.25, 0.3) is 0 Å². The summed E-state index contributed by atoms with van der Waals surface area (Å²) in [5.41, 5.74) is 2.13. The number of carbonyl (C=O) groups is 1. The second-order valence-electron chi connectivity index (χ2n) is 5.76. The van der Waals surface area contributed by atoms with E-state index in [2.05, 4.69) is 33.4 Å². The number of halogens is 1. The van der Waals surface area contributed by atoms with E-state index >= 15 is 0 Å². The number of rotatable bonds is 4. The molecule has 2 heterocycles. The van der Waals surface area contributed by atoms with Crippen molar-refractivity contribution in [1.82, 2.24) is 4.90 Å². The molecule has 120 valence electrons. The third-order valence-corrected chi connectivity index (χ3v) is 4.28. The Hall–Kier alpha value is -1.91. The number of dihydropyridines is 1. The highest BCUT2D eigenvalue weighted by atomic mass is 35.5. The number of benzene rings is 1. The lowest BCUT2D eigenvalue weighted by Gasteiger charge is -2.27. The van der Waals surface area contributed by atoms with Crippen molar-refractivity contribution in [3.8, 4) is 0 Å². The SMILES string of the molecule is O=C(CN1CC=C(C2C=CCC=N2)CC1)Nc1ccc(Cl)cc1. The van der Waals surface area contributed by atoms with Crippen molar-refractivity contribution in [3.05, 3.63) is 53.1 Å². The Labute approximate surface area is 141 Å². The molecule has 0 spiro atoms. The summed E-state index contributed by atoms with van der Waals surface area (Å²) in [6.45, 7) is 2.08. The molecule has 0 fully saturated rings. The molecule has 1 aromatic rings. The lowest BCUT2D eigenvalue weighted by atomic mass is 9.99. The van der Waals surface area contributed by atoms with Crippen LogP contribution in [-0.2, 0) is 4.79 Å². The van der Waals surface area contributed by atoms with Crippen LogP contribution in [0.15, 0.2) is 53.1 Å². The summed E-state index contributed by atoms with van der Waals surface area (Å²) in [4.78, 5) is 18.8. The van der Waals surface area contributed by atoms with Crippen molar-refractivity contribution in [2.45, 2.75) is 18.9 Å². The molecule has 0 saturated heterocycles. The van der Waals surface area contributed by atoms with E-state index in [-0.39, 0.29) is 11.9 Å². The molecular formula is C18H20ClN3O. The number of aliphatic imine (C=N–C) groups is 1. The van der Waals surface area contributed by atoms with Crippen molar-refractivity contribution in [2.24, 2.45) is 4.99 Å². The molecule has 0 aliphatic carbocycles. The van der Waals surface area contributed by atoms with Crippen molar-refractivity contribution < 1.29 is 4.79 Å². The fraction of sp³-hybridized carbons (Fsp3) is 0.333. The molecule has 2 aliphatic heterocycles. The standard InChI is InChI=1S/C18H20ClN3O/c19-15-4-6-16(7-5-15)21-18(23)13-22-11-8-14(9-12-22)17-3-1-2-10-20-17/h1,3-8,10,17H,2,9,11-13H2,(H,21,23). The molecule has 0 bridgehead atoms. The van der Waals surface area contributed by atoms with E-state index in [0.29, 0.717) is 11.6 Å². The summed E-state index contributed by atoms with van der Waals surface area (Å²) in [5.74, 6) is -0.000226. The zero-order valence-electron chi connectivity index (χ0n) is 12.9. The summed E-state index contributed by atoms with van der Waals surface area (Å²) in [5, 5.41) is 3.56. The van der Waals surface area contributed by atoms with Crippen molar-refractivity contribution in [2.75, 3.05) is 25.0 Å². The molecule has 0 radical (unpaired) electrons. The number of amides is 1. The van der Waals surface area contributed by atoms with Crippen LogP contribution in [0.2, 0.25) is 5.02 Å². The van der Waals surface area contributed by atoms with Crippen LogP contribution in [0.3, 0.4) is 0 Å². The first-order chi connectivity index (χ1) is 11.2. The second-order valence-corrected chi connectivity index (χ2v) is 6.20. The molecule has 5 heteroatoms. The molecular weight excluding hydrogens is 310 g/mol. The van der Waals surface area contributed by atoms with Gasteiger partial charge in [-0.15, -0.1) is 0 Å². The third-order valence-electron chi connectivity index (χ3n) is 4.03. The van der Waals surface area contributed by atoms with Gasteiger partial charge in [-0.3, -0.25) is 14.7 Å². The van der Waals surface area contributed by atoms with Crippen molar-refractivity contribution >= 4 is 29.4 Å². The van der Waals surface area contributed by atoms with Gasteiger partial charge < -0.3 is 5.32 Å². The van der Waals surface area contributed by atoms with Crippen LogP contribution in [-0.4, -0.2) is 42.7 Å². The molecule has 4 nitrogen and oxygen atoms in total. The van der Waals surface area contributed by atoms with Crippen LogP contribution >= 0.6 is 11.6 Å². The molecule has 0 aromatic heterocycles. The van der Waals surface area contributed by atoms with E-state index in [1.807, 2.05) is 18.3 Å². The van der Waals surface area contributed by atoms with Crippen LogP contribution < -0.4 is 5.32 Å². The number of nitrogens with one attached hydrogen (secondary N) is 1. The maximum absolute atomic E-state index is 12.1. The van der Waals surface area contributed by atoms with Crippen LogP contribution in [0, 0.1) is 0 Å². The number of allylic oxidation sites excluding steroid dienone is 1. The number of carbonyl (C=O) groups excluding carboxylic acids is 1. The Morgan fingerprint density at radius 2 is 2.17 bits per heavy atom. The molecule has 1 N–H and O–H groups in total. The Kier molecular flexibility index (Phi) is 5.26. The maximum Gasteiger partial charge on any atom is 0.238 e. The predicted octanol–water partition coefficient (Wildman–Crippen LogP) is 3.31. The Balaban J connectivity index is 1.49. The Morgan fingerprint density at radius 1 is 1.35 bits per heavy atom. The smallest absolute Gasteiger partial charge is 0.238 e. The van der Waals surface area contributed by atoms with E-state index in [9.17, 15) is 4.79 Å². The normalized spacial score (nSPS) is 21.1. The molecule has 1 amide bonds.